The van der Waals surface area contributed by atoms with Crippen LogP contribution in [0.15, 0.2) is 60.7 Å². The van der Waals surface area contributed by atoms with Crippen LogP contribution >= 0.6 is 23.2 Å². The molecule has 0 aliphatic rings. The highest BCUT2D eigenvalue weighted by molar-refractivity contribution is 6.39. The standard InChI is InChI=1S/C23H18Cl2N4O3/c1-28(2)22(30)14-8-11-19-16(12-14)21(26-20-17(24)4-3-5-18(20)25)27-29(19)15-9-6-13(7-10-15)23(31)32/h3-12H,1-2H3,(H,26,27)(H,31,32). The van der Waals surface area contributed by atoms with E-state index in [0.717, 1.165) is 0 Å². The Kier molecular flexibility index (Phi) is 5.78. The van der Waals surface area contributed by atoms with Gasteiger partial charge in [0.25, 0.3) is 5.91 Å². The van der Waals surface area contributed by atoms with Gasteiger partial charge in [-0.3, -0.25) is 4.79 Å². The second-order valence-electron chi connectivity index (χ2n) is 7.27. The molecule has 2 N–H and O–H groups in total. The minimum atomic E-state index is -1.01. The Balaban J connectivity index is 1.89. The normalized spacial score (nSPS) is 10.9. The minimum absolute atomic E-state index is 0.146. The van der Waals surface area contributed by atoms with E-state index in [9.17, 15) is 14.7 Å². The molecule has 1 heterocycles. The summed E-state index contributed by atoms with van der Waals surface area (Å²) in [6, 6.07) is 16.8. The smallest absolute Gasteiger partial charge is 0.335 e. The molecule has 0 unspecified atom stereocenters. The molecule has 0 atom stereocenters. The number of carboxylic acids is 1. The van der Waals surface area contributed by atoms with Crippen molar-refractivity contribution in [3.8, 4) is 5.69 Å². The number of carbonyl (C=O) groups is 2. The predicted molar refractivity (Wildman–Crippen MR) is 126 cm³/mol. The van der Waals surface area contributed by atoms with E-state index >= 15 is 0 Å². The zero-order valence-corrected chi connectivity index (χ0v) is 18.6. The number of aromatic nitrogens is 2. The summed E-state index contributed by atoms with van der Waals surface area (Å²) in [5.74, 6) is -0.706. The molecule has 0 aliphatic carbocycles. The number of halogens is 2. The zero-order chi connectivity index (χ0) is 23.0. The first-order valence-corrected chi connectivity index (χ1v) is 10.3. The molecule has 0 aliphatic heterocycles. The molecule has 0 bridgehead atoms. The molecule has 0 spiro atoms. The highest BCUT2D eigenvalue weighted by Gasteiger charge is 2.18. The first kappa shape index (κ1) is 21.7. The van der Waals surface area contributed by atoms with Gasteiger partial charge in [-0.2, -0.15) is 0 Å². The van der Waals surface area contributed by atoms with Gasteiger partial charge in [0.1, 0.15) is 0 Å². The van der Waals surface area contributed by atoms with Crippen LogP contribution < -0.4 is 5.32 Å². The molecule has 0 radical (unpaired) electrons. The number of carbonyl (C=O) groups excluding carboxylic acids is 1. The summed E-state index contributed by atoms with van der Waals surface area (Å²) in [5, 5.41) is 18.6. The molecule has 3 aromatic carbocycles. The number of benzene rings is 3. The lowest BCUT2D eigenvalue weighted by atomic mass is 10.1. The Hall–Kier alpha value is -3.55. The number of para-hydroxylation sites is 1. The number of amides is 1. The summed E-state index contributed by atoms with van der Waals surface area (Å²) in [7, 11) is 3.37. The molecule has 1 amide bonds. The number of hydrogen-bond donors (Lipinski definition) is 2. The van der Waals surface area contributed by atoms with Crippen LogP contribution in [0.3, 0.4) is 0 Å². The Morgan fingerprint density at radius 3 is 2.19 bits per heavy atom. The fraction of sp³-hybridized carbons (Fsp3) is 0.0870. The number of hydrogen-bond acceptors (Lipinski definition) is 4. The van der Waals surface area contributed by atoms with Gasteiger partial charge >= 0.3 is 5.97 Å². The van der Waals surface area contributed by atoms with Crippen molar-refractivity contribution in [1.29, 1.82) is 0 Å². The maximum absolute atomic E-state index is 12.5. The van der Waals surface area contributed by atoms with Crippen molar-refractivity contribution in [1.82, 2.24) is 14.7 Å². The van der Waals surface area contributed by atoms with Crippen molar-refractivity contribution in [2.75, 3.05) is 19.4 Å². The Bertz CT molecular complexity index is 1330. The highest BCUT2D eigenvalue weighted by Crippen LogP contribution is 2.35. The number of carboxylic acid groups (broad SMARTS) is 1. The lowest BCUT2D eigenvalue weighted by Crippen LogP contribution is -2.21. The van der Waals surface area contributed by atoms with Crippen LogP contribution in [0.1, 0.15) is 20.7 Å². The number of nitrogens with zero attached hydrogens (tertiary/aromatic N) is 3. The van der Waals surface area contributed by atoms with Crippen LogP contribution in [0, 0.1) is 0 Å². The monoisotopic (exact) mass is 468 g/mol. The maximum atomic E-state index is 12.5. The van der Waals surface area contributed by atoms with Crippen LogP contribution in [0.5, 0.6) is 0 Å². The van der Waals surface area contributed by atoms with E-state index < -0.39 is 5.97 Å². The van der Waals surface area contributed by atoms with E-state index in [1.807, 2.05) is 0 Å². The van der Waals surface area contributed by atoms with Crippen LogP contribution in [-0.2, 0) is 0 Å². The first-order valence-electron chi connectivity index (χ1n) is 9.55. The summed E-state index contributed by atoms with van der Waals surface area (Å²) < 4.78 is 1.66. The average molecular weight is 469 g/mol. The predicted octanol–water partition coefficient (Wildman–Crippen LogP) is 5.48. The third-order valence-corrected chi connectivity index (χ3v) is 5.53. The SMILES string of the molecule is CN(C)C(=O)c1ccc2c(c1)c(Nc1c(Cl)cccc1Cl)nn2-c1ccc(C(=O)O)cc1. The van der Waals surface area contributed by atoms with E-state index in [4.69, 9.17) is 23.2 Å². The second-order valence-corrected chi connectivity index (χ2v) is 8.08. The molecular formula is C23H18Cl2N4O3. The number of rotatable bonds is 5. The van der Waals surface area contributed by atoms with Crippen LogP contribution in [0.4, 0.5) is 11.5 Å². The Labute approximate surface area is 193 Å². The minimum Gasteiger partial charge on any atom is -0.478 e. The van der Waals surface area contributed by atoms with Gasteiger partial charge in [-0.05, 0) is 54.6 Å². The van der Waals surface area contributed by atoms with Gasteiger partial charge in [0.2, 0.25) is 0 Å². The lowest BCUT2D eigenvalue weighted by molar-refractivity contribution is 0.0696. The van der Waals surface area contributed by atoms with E-state index in [0.29, 0.717) is 43.7 Å². The van der Waals surface area contributed by atoms with Crippen molar-refractivity contribution in [3.05, 3.63) is 81.8 Å². The molecule has 32 heavy (non-hydrogen) atoms. The van der Waals surface area contributed by atoms with E-state index in [1.165, 1.54) is 17.0 Å². The van der Waals surface area contributed by atoms with Crippen molar-refractivity contribution < 1.29 is 14.7 Å². The first-order chi connectivity index (χ1) is 15.3. The summed E-state index contributed by atoms with van der Waals surface area (Å²) in [6.45, 7) is 0. The van der Waals surface area contributed by atoms with Crippen molar-refractivity contribution >= 4 is 57.5 Å². The van der Waals surface area contributed by atoms with Crippen LogP contribution in [0.25, 0.3) is 16.6 Å². The van der Waals surface area contributed by atoms with Gasteiger partial charge < -0.3 is 15.3 Å². The molecule has 4 rings (SSSR count). The third kappa shape index (κ3) is 4.00. The molecule has 0 saturated heterocycles. The van der Waals surface area contributed by atoms with Crippen LogP contribution in [-0.4, -0.2) is 45.8 Å². The summed E-state index contributed by atoms with van der Waals surface area (Å²) in [5.41, 5.74) is 2.54. The van der Waals surface area contributed by atoms with Crippen molar-refractivity contribution in [3.63, 3.8) is 0 Å². The molecule has 0 fully saturated rings. The average Bonchev–Trinajstić information content (AvgIpc) is 3.13. The number of aromatic carboxylic acids is 1. The molecule has 1 aromatic heterocycles. The molecule has 7 nitrogen and oxygen atoms in total. The Morgan fingerprint density at radius 2 is 1.59 bits per heavy atom. The number of anilines is 2. The third-order valence-electron chi connectivity index (χ3n) is 4.90. The maximum Gasteiger partial charge on any atom is 0.335 e. The topological polar surface area (TPSA) is 87.5 Å². The van der Waals surface area contributed by atoms with Gasteiger partial charge in [-0.25, -0.2) is 9.48 Å². The molecule has 0 saturated carbocycles. The van der Waals surface area contributed by atoms with E-state index in [-0.39, 0.29) is 11.5 Å². The summed E-state index contributed by atoms with van der Waals surface area (Å²) >= 11 is 12.7. The fourth-order valence-electron chi connectivity index (χ4n) is 3.28. The van der Waals surface area contributed by atoms with E-state index in [2.05, 4.69) is 10.4 Å². The zero-order valence-electron chi connectivity index (χ0n) is 17.1. The molecule has 4 aromatic rings. The summed E-state index contributed by atoms with van der Waals surface area (Å²) in [6.07, 6.45) is 0. The van der Waals surface area contributed by atoms with E-state index in [1.54, 1.807) is 67.3 Å². The fourth-order valence-corrected chi connectivity index (χ4v) is 3.77. The molecule has 162 valence electrons. The summed E-state index contributed by atoms with van der Waals surface area (Å²) in [4.78, 5) is 25.2. The van der Waals surface area contributed by atoms with Gasteiger partial charge in [-0.1, -0.05) is 29.3 Å². The Morgan fingerprint density at radius 1 is 0.969 bits per heavy atom. The molecular weight excluding hydrogens is 451 g/mol. The molecule has 9 heteroatoms. The van der Waals surface area contributed by atoms with Gasteiger partial charge in [0, 0.05) is 25.0 Å². The highest BCUT2D eigenvalue weighted by atomic mass is 35.5. The van der Waals surface area contributed by atoms with Crippen molar-refractivity contribution in [2.45, 2.75) is 0 Å². The van der Waals surface area contributed by atoms with Gasteiger partial charge in [-0.15, -0.1) is 5.10 Å². The largest absolute Gasteiger partial charge is 0.478 e. The second kappa shape index (κ2) is 8.53. The quantitative estimate of drug-likeness (QED) is 0.405. The van der Waals surface area contributed by atoms with Crippen LogP contribution in [0.2, 0.25) is 10.0 Å². The number of nitrogens with one attached hydrogen (secondary N) is 1. The number of fused-ring (bicyclic) bond motifs is 1. The lowest BCUT2D eigenvalue weighted by Gasteiger charge is -2.11. The van der Waals surface area contributed by atoms with Gasteiger partial charge in [0.05, 0.1) is 32.5 Å². The van der Waals surface area contributed by atoms with Crippen molar-refractivity contribution in [2.24, 2.45) is 0 Å². The van der Waals surface area contributed by atoms with Gasteiger partial charge in [0.15, 0.2) is 5.82 Å².